The van der Waals surface area contributed by atoms with Crippen molar-refractivity contribution in [2.24, 2.45) is 0 Å². The number of hydrogen-bond donors (Lipinski definition) is 0. The van der Waals surface area contributed by atoms with E-state index in [9.17, 15) is 0 Å². The molecule has 2 aromatic carbocycles. The van der Waals surface area contributed by atoms with Crippen LogP contribution in [0.4, 0.5) is 0 Å². The second kappa shape index (κ2) is 11.7. The fraction of sp³-hybridized carbons (Fsp3) is 0.483. The Labute approximate surface area is 209 Å². The van der Waals surface area contributed by atoms with Crippen molar-refractivity contribution in [1.29, 1.82) is 0 Å². The van der Waals surface area contributed by atoms with Gasteiger partial charge in [-0.25, -0.2) is 0 Å². The Morgan fingerprint density at radius 1 is 0.943 bits per heavy atom. The van der Waals surface area contributed by atoms with Gasteiger partial charge in [0.15, 0.2) is 0 Å². The molecule has 4 rings (SSSR count). The number of nitrogens with zero attached hydrogens (tertiary/aromatic N) is 3. The maximum atomic E-state index is 6.20. The monoisotopic (exact) mass is 477 g/mol. The van der Waals surface area contributed by atoms with Crippen molar-refractivity contribution in [2.45, 2.75) is 58.7 Å². The predicted molar refractivity (Wildman–Crippen MR) is 139 cm³/mol. The lowest BCUT2D eigenvalue weighted by atomic mass is 9.91. The lowest BCUT2D eigenvalue weighted by Crippen LogP contribution is -2.48. The lowest BCUT2D eigenvalue weighted by molar-refractivity contribution is -0.0840. The van der Waals surface area contributed by atoms with Crippen LogP contribution in [0.2, 0.25) is 0 Å². The van der Waals surface area contributed by atoms with Crippen LogP contribution in [0.5, 0.6) is 11.5 Å². The molecule has 0 aliphatic carbocycles. The van der Waals surface area contributed by atoms with Crippen molar-refractivity contribution in [3.63, 3.8) is 0 Å². The first-order valence-electron chi connectivity index (χ1n) is 12.6. The van der Waals surface area contributed by atoms with Gasteiger partial charge < -0.3 is 14.2 Å². The predicted octanol–water partition coefficient (Wildman–Crippen LogP) is 5.34. The van der Waals surface area contributed by atoms with Gasteiger partial charge in [-0.05, 0) is 69.0 Å². The average Bonchev–Trinajstić information content (AvgIpc) is 3.28. The van der Waals surface area contributed by atoms with Crippen molar-refractivity contribution in [3.8, 4) is 11.5 Å². The van der Waals surface area contributed by atoms with E-state index in [2.05, 4.69) is 66.3 Å². The number of ether oxygens (including phenoxy) is 3. The third-order valence-corrected chi connectivity index (χ3v) is 6.93. The highest BCUT2D eigenvalue weighted by Crippen LogP contribution is 2.29. The molecule has 1 aromatic heterocycles. The summed E-state index contributed by atoms with van der Waals surface area (Å²) in [5.74, 6) is 1.87. The third kappa shape index (κ3) is 7.09. The summed E-state index contributed by atoms with van der Waals surface area (Å²) in [6.45, 7) is 11.3. The Bertz CT molecular complexity index is 1070. The first-order chi connectivity index (χ1) is 16.9. The van der Waals surface area contributed by atoms with Crippen LogP contribution in [0.15, 0.2) is 54.7 Å². The van der Waals surface area contributed by atoms with Crippen LogP contribution >= 0.6 is 0 Å². The van der Waals surface area contributed by atoms with E-state index in [4.69, 9.17) is 14.2 Å². The van der Waals surface area contributed by atoms with Gasteiger partial charge in [-0.15, -0.1) is 0 Å². The van der Waals surface area contributed by atoms with Gasteiger partial charge in [0.05, 0.1) is 12.3 Å². The molecule has 188 valence electrons. The Hall–Kier alpha value is -2.83. The molecule has 1 saturated heterocycles. The fourth-order valence-electron chi connectivity index (χ4n) is 4.65. The van der Waals surface area contributed by atoms with Gasteiger partial charge >= 0.3 is 0 Å². The Morgan fingerprint density at radius 2 is 1.71 bits per heavy atom. The van der Waals surface area contributed by atoms with Crippen molar-refractivity contribution in [3.05, 3.63) is 77.1 Å². The number of piperidine rings is 1. The van der Waals surface area contributed by atoms with Crippen LogP contribution in [-0.2, 0) is 17.8 Å². The van der Waals surface area contributed by atoms with Gasteiger partial charge in [0, 0.05) is 45.9 Å². The SMILES string of the molecule is COC1(COc2ccc(C)cc2C)CCN(Cc2ccc(OCCCn3ccc(C)n3)cc2)CC1. The molecule has 1 aliphatic heterocycles. The summed E-state index contributed by atoms with van der Waals surface area (Å²) in [4.78, 5) is 2.50. The molecule has 0 N–H and O–H groups in total. The number of likely N-dealkylation sites (tertiary alicyclic amines) is 1. The van der Waals surface area contributed by atoms with Crippen LogP contribution < -0.4 is 9.47 Å². The van der Waals surface area contributed by atoms with E-state index < -0.39 is 0 Å². The zero-order valence-electron chi connectivity index (χ0n) is 21.6. The van der Waals surface area contributed by atoms with E-state index >= 15 is 0 Å². The molecule has 0 radical (unpaired) electrons. The highest BCUT2D eigenvalue weighted by Gasteiger charge is 2.35. The number of aromatic nitrogens is 2. The lowest BCUT2D eigenvalue weighted by Gasteiger charge is -2.40. The molecule has 6 heteroatoms. The molecule has 0 amide bonds. The zero-order valence-corrected chi connectivity index (χ0v) is 21.6. The van der Waals surface area contributed by atoms with E-state index in [1.54, 1.807) is 0 Å². The molecule has 6 nitrogen and oxygen atoms in total. The van der Waals surface area contributed by atoms with E-state index in [0.717, 1.165) is 62.6 Å². The number of aryl methyl sites for hydroxylation is 4. The van der Waals surface area contributed by atoms with Crippen LogP contribution in [0, 0.1) is 20.8 Å². The molecule has 35 heavy (non-hydrogen) atoms. The molecular formula is C29H39N3O3. The van der Waals surface area contributed by atoms with E-state index in [1.165, 1.54) is 16.7 Å². The standard InChI is InChI=1S/C29H39N3O3/c1-23-6-11-28(24(2)20-23)35-22-29(33-4)13-17-31(18-14-29)21-26-7-9-27(10-8-26)34-19-5-15-32-16-12-25(3)30-32/h6-12,16,20H,5,13-15,17-19,21-22H2,1-4H3. The van der Waals surface area contributed by atoms with Crippen molar-refractivity contribution in [2.75, 3.05) is 33.4 Å². The molecule has 0 unspecified atom stereocenters. The molecule has 0 spiro atoms. The normalized spacial score (nSPS) is 15.8. The quantitative estimate of drug-likeness (QED) is 0.349. The summed E-state index contributed by atoms with van der Waals surface area (Å²) in [6, 6.07) is 16.9. The molecule has 0 bridgehead atoms. The van der Waals surface area contributed by atoms with E-state index in [-0.39, 0.29) is 5.60 Å². The first kappa shape index (κ1) is 25.3. The largest absolute Gasteiger partial charge is 0.494 e. The second-order valence-corrected chi connectivity index (χ2v) is 9.79. The maximum Gasteiger partial charge on any atom is 0.122 e. The van der Waals surface area contributed by atoms with E-state index in [1.807, 2.05) is 31.0 Å². The Kier molecular flexibility index (Phi) is 8.47. The highest BCUT2D eigenvalue weighted by molar-refractivity contribution is 5.35. The smallest absolute Gasteiger partial charge is 0.122 e. The van der Waals surface area contributed by atoms with Gasteiger partial charge in [0.2, 0.25) is 0 Å². The van der Waals surface area contributed by atoms with Crippen molar-refractivity contribution in [1.82, 2.24) is 14.7 Å². The maximum absolute atomic E-state index is 6.20. The molecule has 1 aliphatic rings. The minimum absolute atomic E-state index is 0.222. The summed E-state index contributed by atoms with van der Waals surface area (Å²) in [6.07, 6.45) is 4.88. The Morgan fingerprint density at radius 3 is 2.37 bits per heavy atom. The van der Waals surface area contributed by atoms with Crippen LogP contribution in [0.3, 0.4) is 0 Å². The second-order valence-electron chi connectivity index (χ2n) is 9.79. The molecular weight excluding hydrogens is 438 g/mol. The van der Waals surface area contributed by atoms with Gasteiger partial charge in [0.25, 0.3) is 0 Å². The summed E-state index contributed by atoms with van der Waals surface area (Å²) < 4.78 is 20.1. The van der Waals surface area contributed by atoms with Crippen molar-refractivity contribution < 1.29 is 14.2 Å². The molecule has 0 atom stereocenters. The topological polar surface area (TPSA) is 48.8 Å². The molecule has 3 aromatic rings. The van der Waals surface area contributed by atoms with Gasteiger partial charge in [0.1, 0.15) is 23.7 Å². The minimum atomic E-state index is -0.222. The summed E-state index contributed by atoms with van der Waals surface area (Å²) >= 11 is 0. The van der Waals surface area contributed by atoms with E-state index in [0.29, 0.717) is 13.2 Å². The summed E-state index contributed by atoms with van der Waals surface area (Å²) in [7, 11) is 1.82. The third-order valence-electron chi connectivity index (χ3n) is 6.93. The Balaban J connectivity index is 1.19. The first-order valence-corrected chi connectivity index (χ1v) is 12.6. The van der Waals surface area contributed by atoms with Gasteiger partial charge in [-0.1, -0.05) is 29.8 Å². The van der Waals surface area contributed by atoms with Crippen molar-refractivity contribution >= 4 is 0 Å². The summed E-state index contributed by atoms with van der Waals surface area (Å²) in [5.41, 5.74) is 4.56. The minimum Gasteiger partial charge on any atom is -0.494 e. The average molecular weight is 478 g/mol. The van der Waals surface area contributed by atoms with Gasteiger partial charge in [-0.2, -0.15) is 5.10 Å². The molecule has 2 heterocycles. The molecule has 0 saturated carbocycles. The van der Waals surface area contributed by atoms with Crippen LogP contribution in [0.1, 0.15) is 41.6 Å². The summed E-state index contributed by atoms with van der Waals surface area (Å²) in [5, 5.41) is 4.41. The number of methoxy groups -OCH3 is 1. The fourth-order valence-corrected chi connectivity index (χ4v) is 4.65. The van der Waals surface area contributed by atoms with Crippen LogP contribution in [0.25, 0.3) is 0 Å². The van der Waals surface area contributed by atoms with Crippen LogP contribution in [-0.4, -0.2) is 53.7 Å². The molecule has 1 fully saturated rings. The number of hydrogen-bond acceptors (Lipinski definition) is 5. The number of rotatable bonds is 11. The zero-order chi connectivity index (χ0) is 24.7. The number of benzene rings is 2. The van der Waals surface area contributed by atoms with Gasteiger partial charge in [-0.3, -0.25) is 9.58 Å². The highest BCUT2D eigenvalue weighted by atomic mass is 16.5.